The van der Waals surface area contributed by atoms with Crippen LogP contribution in [-0.2, 0) is 26.2 Å². The standard InChI is InChI=1S/C29H34BrN3O5S2/c1-5-31-29(35)21(3)32(19-22-8-7-9-23(30)18-22)28(34)20-33(24-10-12-25(13-11-24)38-6-2)40(36,37)27-16-14-26(39-4)15-17-27/h7-18,21H,5-6,19-20H2,1-4H3,(H,31,35)/t21-/m0/s1. The molecular weight excluding hydrogens is 614 g/mol. The number of ether oxygens (including phenoxy) is 1. The molecule has 0 radical (unpaired) electrons. The zero-order valence-electron chi connectivity index (χ0n) is 23.0. The van der Waals surface area contributed by atoms with E-state index in [1.165, 1.54) is 28.8 Å². The Morgan fingerprint density at radius 3 is 2.27 bits per heavy atom. The Bertz CT molecular complexity index is 1400. The predicted molar refractivity (Wildman–Crippen MR) is 163 cm³/mol. The molecule has 3 rings (SSSR count). The number of anilines is 1. The van der Waals surface area contributed by atoms with Crippen LogP contribution in [0.5, 0.6) is 5.75 Å². The fraction of sp³-hybridized carbons (Fsp3) is 0.310. The third-order valence-corrected chi connectivity index (χ3v) is 9.15. The minimum absolute atomic E-state index is 0.0577. The Morgan fingerprint density at radius 1 is 1.02 bits per heavy atom. The molecule has 8 nitrogen and oxygen atoms in total. The number of thioether (sulfide) groups is 1. The van der Waals surface area contributed by atoms with E-state index in [4.69, 9.17) is 4.74 Å². The molecule has 0 unspecified atom stereocenters. The first-order chi connectivity index (χ1) is 19.1. The highest BCUT2D eigenvalue weighted by atomic mass is 79.9. The second-order valence-electron chi connectivity index (χ2n) is 8.84. The molecule has 2 amide bonds. The largest absolute Gasteiger partial charge is 0.494 e. The quantitative estimate of drug-likeness (QED) is 0.252. The van der Waals surface area contributed by atoms with Gasteiger partial charge in [0, 0.05) is 22.5 Å². The summed E-state index contributed by atoms with van der Waals surface area (Å²) < 4.78 is 35.3. The fourth-order valence-electron chi connectivity index (χ4n) is 4.02. The van der Waals surface area contributed by atoms with Crippen LogP contribution in [0.2, 0.25) is 0 Å². The number of amides is 2. The van der Waals surface area contributed by atoms with Crippen molar-refractivity contribution in [3.05, 3.63) is 82.8 Å². The van der Waals surface area contributed by atoms with Crippen LogP contribution in [-0.4, -0.2) is 57.1 Å². The Kier molecular flexibility index (Phi) is 11.5. The van der Waals surface area contributed by atoms with Crippen LogP contribution in [0.25, 0.3) is 0 Å². The normalized spacial score (nSPS) is 11.9. The lowest BCUT2D eigenvalue weighted by molar-refractivity contribution is -0.139. The van der Waals surface area contributed by atoms with Crippen LogP contribution < -0.4 is 14.4 Å². The van der Waals surface area contributed by atoms with Crippen molar-refractivity contribution >= 4 is 55.2 Å². The lowest BCUT2D eigenvalue weighted by atomic mass is 10.1. The summed E-state index contributed by atoms with van der Waals surface area (Å²) >= 11 is 4.95. The van der Waals surface area contributed by atoms with Crippen LogP contribution in [0, 0.1) is 0 Å². The van der Waals surface area contributed by atoms with E-state index >= 15 is 0 Å². The van der Waals surface area contributed by atoms with E-state index in [0.717, 1.165) is 19.2 Å². The van der Waals surface area contributed by atoms with Crippen molar-refractivity contribution in [2.75, 3.05) is 30.3 Å². The summed E-state index contributed by atoms with van der Waals surface area (Å²) in [5.74, 6) is -0.258. The van der Waals surface area contributed by atoms with Crippen LogP contribution >= 0.6 is 27.7 Å². The number of rotatable bonds is 13. The molecule has 0 spiro atoms. The molecule has 0 saturated carbocycles. The lowest BCUT2D eigenvalue weighted by Gasteiger charge is -2.32. The van der Waals surface area contributed by atoms with Gasteiger partial charge in [0.2, 0.25) is 11.8 Å². The second kappa shape index (κ2) is 14.6. The van der Waals surface area contributed by atoms with Gasteiger partial charge in [-0.05, 0) is 93.3 Å². The van der Waals surface area contributed by atoms with Crippen LogP contribution in [0.3, 0.4) is 0 Å². The number of hydrogen-bond donors (Lipinski definition) is 1. The Labute approximate surface area is 249 Å². The van der Waals surface area contributed by atoms with Crippen molar-refractivity contribution in [1.82, 2.24) is 10.2 Å². The maximum absolute atomic E-state index is 13.9. The third-order valence-electron chi connectivity index (χ3n) is 6.12. The van der Waals surface area contributed by atoms with Crippen molar-refractivity contribution in [2.24, 2.45) is 0 Å². The van der Waals surface area contributed by atoms with Gasteiger partial charge in [-0.1, -0.05) is 28.1 Å². The van der Waals surface area contributed by atoms with Crippen LogP contribution in [0.1, 0.15) is 26.3 Å². The predicted octanol–water partition coefficient (Wildman–Crippen LogP) is 5.32. The number of benzene rings is 3. The summed E-state index contributed by atoms with van der Waals surface area (Å²) in [4.78, 5) is 29.1. The Morgan fingerprint density at radius 2 is 1.70 bits per heavy atom. The molecule has 0 aliphatic heterocycles. The molecule has 0 saturated heterocycles. The first kappa shape index (κ1) is 31.5. The molecule has 0 fully saturated rings. The van der Waals surface area contributed by atoms with Crippen molar-refractivity contribution in [1.29, 1.82) is 0 Å². The van der Waals surface area contributed by atoms with E-state index in [1.54, 1.807) is 50.2 Å². The van der Waals surface area contributed by atoms with Gasteiger partial charge < -0.3 is 15.0 Å². The first-order valence-corrected chi connectivity index (χ1v) is 16.3. The number of halogens is 1. The minimum Gasteiger partial charge on any atom is -0.494 e. The van der Waals surface area contributed by atoms with Crippen molar-refractivity contribution in [2.45, 2.75) is 43.1 Å². The Balaban J connectivity index is 2.03. The third kappa shape index (κ3) is 8.02. The molecule has 0 aliphatic rings. The summed E-state index contributed by atoms with van der Waals surface area (Å²) in [5.41, 5.74) is 1.10. The number of carbonyl (C=O) groups excluding carboxylic acids is 2. The minimum atomic E-state index is -4.14. The summed E-state index contributed by atoms with van der Waals surface area (Å²) in [5, 5.41) is 2.76. The molecule has 1 atom stereocenters. The van der Waals surface area contributed by atoms with E-state index in [1.807, 2.05) is 37.4 Å². The highest BCUT2D eigenvalue weighted by molar-refractivity contribution is 9.10. The van der Waals surface area contributed by atoms with Gasteiger partial charge in [-0.2, -0.15) is 0 Å². The maximum Gasteiger partial charge on any atom is 0.264 e. The zero-order chi connectivity index (χ0) is 29.3. The summed E-state index contributed by atoms with van der Waals surface area (Å²) in [6, 6.07) is 19.7. The maximum atomic E-state index is 13.9. The molecule has 214 valence electrons. The van der Waals surface area contributed by atoms with Crippen molar-refractivity contribution in [3.8, 4) is 5.75 Å². The zero-order valence-corrected chi connectivity index (χ0v) is 26.2. The fourth-order valence-corrected chi connectivity index (χ4v) is 6.28. The molecule has 0 heterocycles. The van der Waals surface area contributed by atoms with Crippen LogP contribution in [0.4, 0.5) is 5.69 Å². The van der Waals surface area contributed by atoms with E-state index in [-0.39, 0.29) is 17.3 Å². The SMILES string of the molecule is CCNC(=O)[C@H](C)N(Cc1cccc(Br)c1)C(=O)CN(c1ccc(OCC)cc1)S(=O)(=O)c1ccc(SC)cc1. The van der Waals surface area contributed by atoms with Gasteiger partial charge in [-0.25, -0.2) is 8.42 Å². The number of sulfonamides is 1. The van der Waals surface area contributed by atoms with E-state index in [2.05, 4.69) is 21.2 Å². The van der Waals surface area contributed by atoms with Gasteiger partial charge in [0.25, 0.3) is 10.0 Å². The number of hydrogen-bond acceptors (Lipinski definition) is 6. The smallest absolute Gasteiger partial charge is 0.264 e. The summed E-state index contributed by atoms with van der Waals surface area (Å²) in [6.07, 6.45) is 1.91. The molecule has 3 aromatic rings. The molecule has 3 aromatic carbocycles. The highest BCUT2D eigenvalue weighted by Crippen LogP contribution is 2.28. The Hall–Kier alpha value is -3.02. The molecule has 0 aromatic heterocycles. The van der Waals surface area contributed by atoms with Gasteiger partial charge in [0.15, 0.2) is 0 Å². The highest BCUT2D eigenvalue weighted by Gasteiger charge is 2.32. The first-order valence-electron chi connectivity index (χ1n) is 12.8. The van der Waals surface area contributed by atoms with Crippen LogP contribution in [0.15, 0.2) is 87.1 Å². The molecule has 0 aliphatic carbocycles. The van der Waals surface area contributed by atoms with E-state index < -0.39 is 28.5 Å². The van der Waals surface area contributed by atoms with Crippen molar-refractivity contribution in [3.63, 3.8) is 0 Å². The number of nitrogens with one attached hydrogen (secondary N) is 1. The lowest BCUT2D eigenvalue weighted by Crippen LogP contribution is -2.51. The average molecular weight is 649 g/mol. The molecule has 40 heavy (non-hydrogen) atoms. The monoisotopic (exact) mass is 647 g/mol. The number of nitrogens with zero attached hydrogens (tertiary/aromatic N) is 2. The topological polar surface area (TPSA) is 96.0 Å². The molecule has 0 bridgehead atoms. The average Bonchev–Trinajstić information content (AvgIpc) is 2.95. The summed E-state index contributed by atoms with van der Waals surface area (Å²) in [6.45, 7) is 5.78. The summed E-state index contributed by atoms with van der Waals surface area (Å²) in [7, 11) is -4.14. The van der Waals surface area contributed by atoms with Gasteiger partial charge in [0.05, 0.1) is 17.2 Å². The van der Waals surface area contributed by atoms with Gasteiger partial charge in [-0.3, -0.25) is 13.9 Å². The van der Waals surface area contributed by atoms with Gasteiger partial charge in [0.1, 0.15) is 18.3 Å². The van der Waals surface area contributed by atoms with E-state index in [9.17, 15) is 18.0 Å². The van der Waals surface area contributed by atoms with E-state index in [0.29, 0.717) is 24.6 Å². The number of carbonyl (C=O) groups is 2. The molecule has 11 heteroatoms. The number of likely N-dealkylation sites (N-methyl/N-ethyl adjacent to an activating group) is 1. The van der Waals surface area contributed by atoms with Crippen molar-refractivity contribution < 1.29 is 22.7 Å². The molecular formula is C29H34BrN3O5S2. The second-order valence-corrected chi connectivity index (χ2v) is 12.5. The molecule has 1 N–H and O–H groups in total. The van der Waals surface area contributed by atoms with Gasteiger partial charge in [-0.15, -0.1) is 11.8 Å². The van der Waals surface area contributed by atoms with Gasteiger partial charge >= 0.3 is 0 Å².